The van der Waals surface area contributed by atoms with Crippen LogP contribution in [0.25, 0.3) is 21.7 Å². The van der Waals surface area contributed by atoms with Crippen molar-refractivity contribution < 1.29 is 4.39 Å². The summed E-state index contributed by atoms with van der Waals surface area (Å²) in [5.41, 5.74) is 7.80. The number of thiazole rings is 1. The van der Waals surface area contributed by atoms with Crippen LogP contribution in [-0.4, -0.2) is 14.8 Å². The molecule has 0 amide bonds. The highest BCUT2D eigenvalue weighted by molar-refractivity contribution is 7.15. The van der Waals surface area contributed by atoms with E-state index in [1.807, 2.05) is 19.3 Å². The first-order valence-electron chi connectivity index (χ1n) is 6.12. The first-order valence-corrected chi connectivity index (χ1v) is 6.94. The Labute approximate surface area is 119 Å². The summed E-state index contributed by atoms with van der Waals surface area (Å²) in [5, 5.41) is 4.92. The number of nitrogens with two attached hydrogens (primary N) is 1. The van der Waals surface area contributed by atoms with Crippen LogP contribution in [0.15, 0.2) is 36.7 Å². The van der Waals surface area contributed by atoms with Crippen LogP contribution in [0, 0.1) is 5.82 Å². The van der Waals surface area contributed by atoms with Gasteiger partial charge in [-0.05, 0) is 6.07 Å². The molecule has 2 aromatic heterocycles. The highest BCUT2D eigenvalue weighted by atomic mass is 32.1. The smallest absolute Gasteiger partial charge is 0.131 e. The van der Waals surface area contributed by atoms with Gasteiger partial charge in [0.2, 0.25) is 0 Å². The molecule has 0 spiro atoms. The summed E-state index contributed by atoms with van der Waals surface area (Å²) in [7, 11) is 1.84. The van der Waals surface area contributed by atoms with Crippen molar-refractivity contribution in [2.75, 3.05) is 0 Å². The summed E-state index contributed by atoms with van der Waals surface area (Å²) in [6.07, 6.45) is 3.58. The number of benzene rings is 1. The monoisotopic (exact) mass is 288 g/mol. The second kappa shape index (κ2) is 5.15. The van der Waals surface area contributed by atoms with E-state index in [4.69, 9.17) is 5.73 Å². The molecular weight excluding hydrogens is 275 g/mol. The van der Waals surface area contributed by atoms with Crippen molar-refractivity contribution in [3.8, 4) is 21.7 Å². The number of rotatable bonds is 3. The minimum Gasteiger partial charge on any atom is -0.325 e. The maximum Gasteiger partial charge on any atom is 0.131 e. The molecule has 102 valence electrons. The lowest BCUT2D eigenvalue weighted by Crippen LogP contribution is -1.94. The van der Waals surface area contributed by atoms with E-state index in [0.29, 0.717) is 12.1 Å². The fourth-order valence-corrected chi connectivity index (χ4v) is 3.01. The van der Waals surface area contributed by atoms with Gasteiger partial charge in [-0.15, -0.1) is 11.3 Å². The third-order valence-corrected chi connectivity index (χ3v) is 4.05. The van der Waals surface area contributed by atoms with Crippen molar-refractivity contribution in [2.45, 2.75) is 6.54 Å². The molecule has 2 heterocycles. The van der Waals surface area contributed by atoms with Gasteiger partial charge in [-0.2, -0.15) is 5.10 Å². The van der Waals surface area contributed by atoms with E-state index < -0.39 is 0 Å². The van der Waals surface area contributed by atoms with Crippen molar-refractivity contribution in [3.05, 3.63) is 47.5 Å². The molecule has 1 aromatic carbocycles. The van der Waals surface area contributed by atoms with Gasteiger partial charge in [0.15, 0.2) is 0 Å². The lowest BCUT2D eigenvalue weighted by Gasteiger charge is -2.01. The van der Waals surface area contributed by atoms with E-state index in [9.17, 15) is 4.39 Å². The topological polar surface area (TPSA) is 56.7 Å². The summed E-state index contributed by atoms with van der Waals surface area (Å²) < 4.78 is 15.7. The molecule has 0 aliphatic carbocycles. The maximum absolute atomic E-state index is 14.0. The van der Waals surface area contributed by atoms with Gasteiger partial charge in [0.1, 0.15) is 10.8 Å². The van der Waals surface area contributed by atoms with Crippen LogP contribution in [0.5, 0.6) is 0 Å². The Hall–Kier alpha value is -2.05. The maximum atomic E-state index is 14.0. The number of nitrogens with zero attached hydrogens (tertiary/aromatic N) is 3. The van der Waals surface area contributed by atoms with E-state index in [1.165, 1.54) is 17.4 Å². The molecule has 0 saturated heterocycles. The predicted molar refractivity (Wildman–Crippen MR) is 77.6 cm³/mol. The highest BCUT2D eigenvalue weighted by Crippen LogP contribution is 2.37. The Balaban J connectivity index is 2.20. The zero-order valence-electron chi connectivity index (χ0n) is 10.9. The first-order chi connectivity index (χ1) is 9.69. The van der Waals surface area contributed by atoms with Crippen LogP contribution in [0.4, 0.5) is 4.39 Å². The summed E-state index contributed by atoms with van der Waals surface area (Å²) >= 11 is 1.42. The summed E-state index contributed by atoms with van der Waals surface area (Å²) in [6, 6.07) is 6.69. The van der Waals surface area contributed by atoms with E-state index in [2.05, 4.69) is 10.1 Å². The number of aromatic nitrogens is 3. The number of aryl methyl sites for hydroxylation is 1. The van der Waals surface area contributed by atoms with Crippen molar-refractivity contribution in [1.29, 1.82) is 0 Å². The van der Waals surface area contributed by atoms with E-state index in [1.54, 1.807) is 23.0 Å². The second-order valence-electron chi connectivity index (χ2n) is 4.37. The Morgan fingerprint density at radius 2 is 2.15 bits per heavy atom. The molecule has 0 atom stereocenters. The molecule has 0 fully saturated rings. The molecule has 4 nitrogen and oxygen atoms in total. The van der Waals surface area contributed by atoms with Crippen LogP contribution < -0.4 is 5.73 Å². The molecular formula is C14H13FN4S. The first kappa shape index (κ1) is 13.0. The minimum absolute atomic E-state index is 0.259. The largest absolute Gasteiger partial charge is 0.325 e. The van der Waals surface area contributed by atoms with Crippen LogP contribution in [0.3, 0.4) is 0 Å². The van der Waals surface area contributed by atoms with Gasteiger partial charge in [0.05, 0.1) is 16.8 Å². The lowest BCUT2D eigenvalue weighted by molar-refractivity contribution is 0.631. The predicted octanol–water partition coefficient (Wildman–Crippen LogP) is 2.81. The lowest BCUT2D eigenvalue weighted by atomic mass is 10.1. The Kier molecular flexibility index (Phi) is 3.33. The summed E-state index contributed by atoms with van der Waals surface area (Å²) in [5.74, 6) is -0.259. The van der Waals surface area contributed by atoms with Gasteiger partial charge in [0, 0.05) is 30.9 Å². The van der Waals surface area contributed by atoms with Crippen LogP contribution in [0.2, 0.25) is 0 Å². The number of halogens is 1. The van der Waals surface area contributed by atoms with Gasteiger partial charge < -0.3 is 5.73 Å². The second-order valence-corrected chi connectivity index (χ2v) is 5.46. The Morgan fingerprint density at radius 1 is 1.35 bits per heavy atom. The Morgan fingerprint density at radius 3 is 2.80 bits per heavy atom. The standard InChI is InChI=1S/C14H13FN4S/c1-19-8-9(7-17-19)13-14(20-12(6-16)18-13)10-4-2-3-5-11(10)15/h2-5,7-8H,6,16H2,1H3. The Bertz CT molecular complexity index is 747. The fraction of sp³-hybridized carbons (Fsp3) is 0.143. The molecule has 0 bridgehead atoms. The zero-order valence-corrected chi connectivity index (χ0v) is 11.7. The fourth-order valence-electron chi connectivity index (χ4n) is 2.02. The van der Waals surface area contributed by atoms with Gasteiger partial charge in [-0.1, -0.05) is 18.2 Å². The van der Waals surface area contributed by atoms with E-state index in [-0.39, 0.29) is 5.82 Å². The zero-order chi connectivity index (χ0) is 14.1. The molecule has 0 aliphatic rings. The molecule has 6 heteroatoms. The van der Waals surface area contributed by atoms with Crippen molar-refractivity contribution in [1.82, 2.24) is 14.8 Å². The van der Waals surface area contributed by atoms with E-state index in [0.717, 1.165) is 21.1 Å². The van der Waals surface area contributed by atoms with Crippen LogP contribution in [0.1, 0.15) is 5.01 Å². The number of hydrogen-bond acceptors (Lipinski definition) is 4. The highest BCUT2D eigenvalue weighted by Gasteiger charge is 2.17. The average Bonchev–Trinajstić information content (AvgIpc) is 3.05. The van der Waals surface area contributed by atoms with Crippen LogP contribution >= 0.6 is 11.3 Å². The summed E-state index contributed by atoms with van der Waals surface area (Å²) in [4.78, 5) is 5.29. The third-order valence-electron chi connectivity index (χ3n) is 2.94. The van der Waals surface area contributed by atoms with Crippen molar-refractivity contribution >= 4 is 11.3 Å². The van der Waals surface area contributed by atoms with E-state index >= 15 is 0 Å². The molecule has 0 unspecified atom stereocenters. The normalized spacial score (nSPS) is 10.9. The molecule has 0 aliphatic heterocycles. The van der Waals surface area contributed by atoms with Gasteiger partial charge in [-0.3, -0.25) is 4.68 Å². The van der Waals surface area contributed by atoms with Gasteiger partial charge in [0.25, 0.3) is 0 Å². The summed E-state index contributed by atoms with van der Waals surface area (Å²) in [6.45, 7) is 0.340. The quantitative estimate of drug-likeness (QED) is 0.806. The molecule has 0 saturated carbocycles. The molecule has 20 heavy (non-hydrogen) atoms. The van der Waals surface area contributed by atoms with Gasteiger partial charge in [-0.25, -0.2) is 9.37 Å². The van der Waals surface area contributed by atoms with Crippen molar-refractivity contribution in [3.63, 3.8) is 0 Å². The molecule has 2 N–H and O–H groups in total. The number of hydrogen-bond donors (Lipinski definition) is 1. The third kappa shape index (κ3) is 2.23. The van der Waals surface area contributed by atoms with Crippen LogP contribution in [-0.2, 0) is 13.6 Å². The molecule has 3 aromatic rings. The minimum atomic E-state index is -0.259. The molecule has 3 rings (SSSR count). The average molecular weight is 288 g/mol. The van der Waals surface area contributed by atoms with Crippen molar-refractivity contribution in [2.24, 2.45) is 12.8 Å². The SMILES string of the molecule is Cn1cc(-c2nc(CN)sc2-c2ccccc2F)cn1. The van der Waals surface area contributed by atoms with Gasteiger partial charge >= 0.3 is 0 Å². The molecule has 0 radical (unpaired) electrons.